The molecule has 7 rings (SSSR count). The fourth-order valence-corrected chi connectivity index (χ4v) is 6.95. The molecule has 0 spiro atoms. The molecule has 5 atom stereocenters. The Kier molecular flexibility index (Phi) is 13.0. The zero-order chi connectivity index (χ0) is 37.0. The summed E-state index contributed by atoms with van der Waals surface area (Å²) in [6.07, 6.45) is -2.50. The van der Waals surface area contributed by atoms with Gasteiger partial charge in [0.1, 0.15) is 36.3 Å². The second-order valence-electron chi connectivity index (χ2n) is 13.9. The number of hydrogen-bond donors (Lipinski definition) is 1. The van der Waals surface area contributed by atoms with Crippen LogP contribution in [0.2, 0.25) is 0 Å². The highest BCUT2D eigenvalue weighted by molar-refractivity contribution is 5.45. The van der Waals surface area contributed by atoms with Gasteiger partial charge < -0.3 is 28.8 Å². The van der Waals surface area contributed by atoms with Crippen LogP contribution in [0.1, 0.15) is 50.6 Å². The third kappa shape index (κ3) is 9.91. The van der Waals surface area contributed by atoms with Gasteiger partial charge in [0.25, 0.3) is 0 Å². The normalized spacial score (nSPS) is 19.8. The molecule has 0 saturated carbocycles. The van der Waals surface area contributed by atoms with Gasteiger partial charge in [-0.25, -0.2) is 0 Å². The number of hydrogen-bond acceptors (Lipinski definition) is 6. The van der Waals surface area contributed by atoms with Gasteiger partial charge in [-0.05, 0) is 40.3 Å². The Labute approximate surface area is 318 Å². The average molecular weight is 721 g/mol. The first-order chi connectivity index (χ1) is 26.6. The number of phenolic OH excluding ortho intramolecular Hbond substituents is 1. The van der Waals surface area contributed by atoms with Crippen molar-refractivity contribution >= 4 is 0 Å². The van der Waals surface area contributed by atoms with Gasteiger partial charge in [-0.1, -0.05) is 169 Å². The van der Waals surface area contributed by atoms with Gasteiger partial charge in [0.05, 0.1) is 33.0 Å². The molecule has 0 radical (unpaired) electrons. The quantitative estimate of drug-likeness (QED) is 0.107. The lowest BCUT2D eigenvalue weighted by atomic mass is 9.88. The topological polar surface area (TPSA) is 66.4 Å². The second-order valence-corrected chi connectivity index (χ2v) is 13.9. The lowest BCUT2D eigenvalue weighted by molar-refractivity contribution is -0.275. The number of phenols is 1. The number of para-hydroxylation sites is 1. The molecule has 1 fully saturated rings. The van der Waals surface area contributed by atoms with Crippen molar-refractivity contribution in [2.75, 3.05) is 6.61 Å². The van der Waals surface area contributed by atoms with E-state index in [2.05, 4.69) is 43.3 Å². The van der Waals surface area contributed by atoms with Crippen LogP contribution in [-0.2, 0) is 56.5 Å². The Bertz CT molecular complexity index is 1990. The number of ether oxygens (including phenoxy) is 5. The molecule has 1 N–H and O–H groups in total. The van der Waals surface area contributed by atoms with Crippen LogP contribution in [0.25, 0.3) is 0 Å². The average Bonchev–Trinajstić information content (AvgIpc) is 3.22. The largest absolute Gasteiger partial charge is 0.507 e. The molecule has 6 heteroatoms. The maximum absolute atomic E-state index is 12.0. The van der Waals surface area contributed by atoms with E-state index in [0.717, 1.165) is 33.4 Å². The number of benzene rings is 6. The Hall–Kier alpha value is -5.08. The van der Waals surface area contributed by atoms with Crippen LogP contribution in [0, 0.1) is 6.92 Å². The Morgan fingerprint density at radius 3 is 1.50 bits per heavy atom. The first kappa shape index (κ1) is 37.2. The minimum atomic E-state index is -0.700. The summed E-state index contributed by atoms with van der Waals surface area (Å²) in [5, 5.41) is 12.0. The molecule has 1 aliphatic heterocycles. The number of aryl methyl sites for hydroxylation is 1. The lowest BCUT2D eigenvalue weighted by Gasteiger charge is -2.46. The predicted molar refractivity (Wildman–Crippen MR) is 211 cm³/mol. The SMILES string of the molecule is Cc1ccc(Cc2cccc([C@@H]3O[C@H](COCc4ccccc4)[C@@H](OCc4ccccc4)[C@H](OCc4ccccc4)[C@H]3OCc3ccccc3)c2O)cc1. The molecule has 0 amide bonds. The molecule has 0 aliphatic carbocycles. The van der Waals surface area contributed by atoms with E-state index >= 15 is 0 Å². The molecule has 1 saturated heterocycles. The van der Waals surface area contributed by atoms with Crippen LogP contribution in [-0.4, -0.2) is 36.1 Å². The van der Waals surface area contributed by atoms with E-state index in [1.165, 1.54) is 5.56 Å². The summed E-state index contributed by atoms with van der Waals surface area (Å²) < 4.78 is 34.1. The summed E-state index contributed by atoms with van der Waals surface area (Å²) >= 11 is 0. The molecule has 276 valence electrons. The van der Waals surface area contributed by atoms with E-state index in [0.29, 0.717) is 38.4 Å². The van der Waals surface area contributed by atoms with Crippen molar-refractivity contribution < 1.29 is 28.8 Å². The monoisotopic (exact) mass is 720 g/mol. The maximum Gasteiger partial charge on any atom is 0.125 e. The highest BCUT2D eigenvalue weighted by Crippen LogP contribution is 2.42. The summed E-state index contributed by atoms with van der Waals surface area (Å²) in [4.78, 5) is 0. The molecule has 0 unspecified atom stereocenters. The standard InChI is InChI=1S/C48H48O6/c1-35-25-27-36(28-26-35)29-41-23-14-24-42(44(41)49)45-47(52-32-39-19-10-4-11-20-39)48(53-33-40-21-12-5-13-22-40)46(51-31-38-17-8-3-9-18-38)43(54-45)34-50-30-37-15-6-2-7-16-37/h2-28,43,45-49H,29-34H2,1H3/t43-,45+,46-,47+,48+/m1/s1. The zero-order valence-corrected chi connectivity index (χ0v) is 30.7. The van der Waals surface area contributed by atoms with E-state index in [1.807, 2.05) is 127 Å². The van der Waals surface area contributed by atoms with Crippen LogP contribution in [0.3, 0.4) is 0 Å². The molecule has 6 aromatic rings. The minimum absolute atomic E-state index is 0.186. The van der Waals surface area contributed by atoms with Crippen LogP contribution >= 0.6 is 0 Å². The van der Waals surface area contributed by atoms with Gasteiger partial charge in [-0.2, -0.15) is 0 Å². The Morgan fingerprint density at radius 2 is 0.963 bits per heavy atom. The van der Waals surface area contributed by atoms with Crippen LogP contribution in [0.4, 0.5) is 0 Å². The van der Waals surface area contributed by atoms with E-state index in [1.54, 1.807) is 0 Å². The fraction of sp³-hybridized carbons (Fsp3) is 0.250. The summed E-state index contributed by atoms with van der Waals surface area (Å²) in [5.74, 6) is 0.186. The molecular weight excluding hydrogens is 673 g/mol. The molecule has 6 aromatic carbocycles. The van der Waals surface area contributed by atoms with Gasteiger partial charge >= 0.3 is 0 Å². The van der Waals surface area contributed by atoms with Crippen molar-refractivity contribution in [3.63, 3.8) is 0 Å². The molecular formula is C48H48O6. The van der Waals surface area contributed by atoms with Crippen molar-refractivity contribution in [3.05, 3.63) is 208 Å². The van der Waals surface area contributed by atoms with Crippen LogP contribution < -0.4 is 0 Å². The Balaban J connectivity index is 1.26. The summed E-state index contributed by atoms with van der Waals surface area (Å²) in [5.41, 5.74) is 7.90. The van der Waals surface area contributed by atoms with Gasteiger partial charge in [-0.3, -0.25) is 0 Å². The van der Waals surface area contributed by atoms with Gasteiger partial charge in [0.2, 0.25) is 0 Å². The van der Waals surface area contributed by atoms with Crippen molar-refractivity contribution in [2.24, 2.45) is 0 Å². The van der Waals surface area contributed by atoms with Gasteiger partial charge in [0, 0.05) is 12.0 Å². The third-order valence-corrected chi connectivity index (χ3v) is 9.86. The zero-order valence-electron chi connectivity index (χ0n) is 30.7. The van der Waals surface area contributed by atoms with Gasteiger partial charge in [0.15, 0.2) is 0 Å². The highest BCUT2D eigenvalue weighted by atomic mass is 16.6. The van der Waals surface area contributed by atoms with Crippen molar-refractivity contribution in [2.45, 2.75) is 70.3 Å². The fourth-order valence-electron chi connectivity index (χ4n) is 6.95. The van der Waals surface area contributed by atoms with Gasteiger partial charge in [-0.15, -0.1) is 0 Å². The van der Waals surface area contributed by atoms with Crippen LogP contribution in [0.5, 0.6) is 5.75 Å². The summed E-state index contributed by atoms with van der Waals surface area (Å²) in [6.45, 7) is 3.74. The molecule has 54 heavy (non-hydrogen) atoms. The van der Waals surface area contributed by atoms with Crippen LogP contribution in [0.15, 0.2) is 164 Å². The maximum atomic E-state index is 12.0. The van der Waals surface area contributed by atoms with E-state index in [4.69, 9.17) is 23.7 Å². The lowest BCUT2D eigenvalue weighted by Crippen LogP contribution is -2.58. The van der Waals surface area contributed by atoms with Crippen molar-refractivity contribution in [1.29, 1.82) is 0 Å². The molecule has 0 bridgehead atoms. The summed E-state index contributed by atoms with van der Waals surface area (Å²) in [6, 6.07) is 54.7. The first-order valence-electron chi connectivity index (χ1n) is 18.7. The number of rotatable bonds is 16. The van der Waals surface area contributed by atoms with E-state index in [-0.39, 0.29) is 12.4 Å². The first-order valence-corrected chi connectivity index (χ1v) is 18.7. The van der Waals surface area contributed by atoms with E-state index in [9.17, 15) is 5.11 Å². The summed E-state index contributed by atoms with van der Waals surface area (Å²) in [7, 11) is 0. The molecule has 6 nitrogen and oxygen atoms in total. The minimum Gasteiger partial charge on any atom is -0.507 e. The van der Waals surface area contributed by atoms with E-state index < -0.39 is 30.5 Å². The molecule has 0 aromatic heterocycles. The smallest absolute Gasteiger partial charge is 0.125 e. The van der Waals surface area contributed by atoms with Crippen molar-refractivity contribution in [1.82, 2.24) is 0 Å². The van der Waals surface area contributed by atoms with Crippen molar-refractivity contribution in [3.8, 4) is 5.75 Å². The second kappa shape index (κ2) is 18.8. The molecule has 1 heterocycles. The number of aromatic hydroxyl groups is 1. The highest BCUT2D eigenvalue weighted by Gasteiger charge is 2.49. The Morgan fingerprint density at radius 1 is 0.481 bits per heavy atom. The third-order valence-electron chi connectivity index (χ3n) is 9.86. The molecule has 1 aliphatic rings. The predicted octanol–water partition coefficient (Wildman–Crippen LogP) is 9.70.